The Labute approximate surface area is 105 Å². The minimum atomic E-state index is 0.683. The zero-order valence-corrected chi connectivity index (χ0v) is 11.1. The summed E-state index contributed by atoms with van der Waals surface area (Å²) in [5.74, 6) is 1.54. The van der Waals surface area contributed by atoms with E-state index < -0.39 is 0 Å². The highest BCUT2D eigenvalue weighted by Gasteiger charge is 2.02. The van der Waals surface area contributed by atoms with Gasteiger partial charge in [-0.3, -0.25) is 0 Å². The zero-order chi connectivity index (χ0) is 12.7. The van der Waals surface area contributed by atoms with Crippen LogP contribution in [0.2, 0.25) is 0 Å². The summed E-state index contributed by atoms with van der Waals surface area (Å²) in [5.41, 5.74) is 6.50. The second kappa shape index (κ2) is 7.17. The van der Waals surface area contributed by atoms with Gasteiger partial charge in [0.05, 0.1) is 5.69 Å². The number of nitrogens with zero attached hydrogens (tertiary/aromatic N) is 1. The van der Waals surface area contributed by atoms with Crippen molar-refractivity contribution >= 4 is 5.69 Å². The summed E-state index contributed by atoms with van der Waals surface area (Å²) < 4.78 is 5.65. The van der Waals surface area contributed by atoms with Gasteiger partial charge in [-0.15, -0.1) is 0 Å². The molecule has 3 heteroatoms. The van der Waals surface area contributed by atoms with Crippen molar-refractivity contribution in [3.63, 3.8) is 0 Å². The summed E-state index contributed by atoms with van der Waals surface area (Å²) in [7, 11) is 2.13. The van der Waals surface area contributed by atoms with Crippen LogP contribution in [-0.4, -0.2) is 31.6 Å². The van der Waals surface area contributed by atoms with Gasteiger partial charge in [-0.2, -0.15) is 0 Å². The number of anilines is 1. The average Bonchev–Trinajstić information content (AvgIpc) is 2.29. The van der Waals surface area contributed by atoms with Crippen LogP contribution in [0, 0.1) is 5.92 Å². The Kier molecular flexibility index (Phi) is 5.84. The molecule has 0 aliphatic rings. The molecule has 0 aliphatic carbocycles. The van der Waals surface area contributed by atoms with Gasteiger partial charge in [-0.05, 0) is 38.1 Å². The number of hydrogen-bond donors (Lipinski definition) is 1. The molecule has 0 saturated carbocycles. The first kappa shape index (κ1) is 13.8. The lowest BCUT2D eigenvalue weighted by atomic mass is 10.1. The van der Waals surface area contributed by atoms with E-state index in [1.165, 1.54) is 6.42 Å². The summed E-state index contributed by atoms with van der Waals surface area (Å²) in [5, 5.41) is 0. The lowest BCUT2D eigenvalue weighted by Gasteiger charge is -2.18. The molecule has 0 heterocycles. The van der Waals surface area contributed by atoms with E-state index in [0.29, 0.717) is 12.3 Å². The summed E-state index contributed by atoms with van der Waals surface area (Å²) in [4.78, 5) is 2.29. The molecular formula is C14H24N2O. The minimum Gasteiger partial charge on any atom is -0.490 e. The van der Waals surface area contributed by atoms with Crippen molar-refractivity contribution in [1.29, 1.82) is 0 Å². The molecule has 1 aromatic rings. The third-order valence-corrected chi connectivity index (χ3v) is 2.74. The average molecular weight is 236 g/mol. The molecule has 0 fully saturated rings. The smallest absolute Gasteiger partial charge is 0.142 e. The lowest BCUT2D eigenvalue weighted by Crippen LogP contribution is -2.26. The molecule has 0 atom stereocenters. The molecule has 1 aromatic carbocycles. The number of nitrogen functional groups attached to an aromatic ring is 1. The van der Waals surface area contributed by atoms with Gasteiger partial charge in [0.15, 0.2) is 0 Å². The van der Waals surface area contributed by atoms with Crippen molar-refractivity contribution in [2.24, 2.45) is 5.92 Å². The maximum atomic E-state index is 5.80. The van der Waals surface area contributed by atoms with Gasteiger partial charge in [-0.1, -0.05) is 26.0 Å². The topological polar surface area (TPSA) is 38.5 Å². The number of para-hydroxylation sites is 2. The van der Waals surface area contributed by atoms with Crippen molar-refractivity contribution in [2.75, 3.05) is 32.5 Å². The van der Waals surface area contributed by atoms with Crippen molar-refractivity contribution in [3.8, 4) is 5.75 Å². The second-order valence-corrected chi connectivity index (χ2v) is 4.87. The minimum absolute atomic E-state index is 0.683. The van der Waals surface area contributed by atoms with Crippen molar-refractivity contribution in [2.45, 2.75) is 20.3 Å². The molecule has 0 unspecified atom stereocenters. The summed E-state index contributed by atoms with van der Waals surface area (Å²) in [6, 6.07) is 7.62. The summed E-state index contributed by atoms with van der Waals surface area (Å²) in [6.07, 6.45) is 1.23. The first-order valence-electron chi connectivity index (χ1n) is 6.25. The van der Waals surface area contributed by atoms with Gasteiger partial charge in [0, 0.05) is 6.54 Å². The van der Waals surface area contributed by atoms with Crippen LogP contribution in [0.5, 0.6) is 5.75 Å². The van der Waals surface area contributed by atoms with Gasteiger partial charge >= 0.3 is 0 Å². The predicted octanol–water partition coefficient (Wildman–Crippen LogP) is 2.63. The van der Waals surface area contributed by atoms with Gasteiger partial charge in [0.25, 0.3) is 0 Å². The first-order valence-corrected chi connectivity index (χ1v) is 6.25. The van der Waals surface area contributed by atoms with Crippen LogP contribution in [0.3, 0.4) is 0 Å². The fourth-order valence-corrected chi connectivity index (χ4v) is 1.51. The Morgan fingerprint density at radius 3 is 2.59 bits per heavy atom. The zero-order valence-electron chi connectivity index (χ0n) is 11.1. The van der Waals surface area contributed by atoms with Crippen LogP contribution < -0.4 is 10.5 Å². The molecule has 96 valence electrons. The monoisotopic (exact) mass is 236 g/mol. The van der Waals surface area contributed by atoms with Crippen molar-refractivity contribution in [1.82, 2.24) is 4.90 Å². The quantitative estimate of drug-likeness (QED) is 0.740. The van der Waals surface area contributed by atoms with E-state index in [1.54, 1.807) is 0 Å². The largest absolute Gasteiger partial charge is 0.490 e. The van der Waals surface area contributed by atoms with E-state index in [9.17, 15) is 0 Å². The molecule has 0 aliphatic heterocycles. The second-order valence-electron chi connectivity index (χ2n) is 4.87. The van der Waals surface area contributed by atoms with Crippen molar-refractivity contribution < 1.29 is 4.74 Å². The van der Waals surface area contributed by atoms with Crippen LogP contribution in [0.15, 0.2) is 24.3 Å². The standard InChI is InChI=1S/C14H24N2O/c1-12(2)8-9-16(3)10-11-17-14-7-5-4-6-13(14)15/h4-7,12H,8-11,15H2,1-3H3. The predicted molar refractivity (Wildman–Crippen MR) is 73.3 cm³/mol. The molecule has 0 spiro atoms. The Hall–Kier alpha value is -1.22. The van der Waals surface area contributed by atoms with E-state index in [2.05, 4.69) is 25.8 Å². The van der Waals surface area contributed by atoms with Gasteiger partial charge in [0.2, 0.25) is 0 Å². The highest BCUT2D eigenvalue weighted by atomic mass is 16.5. The number of nitrogens with two attached hydrogens (primary N) is 1. The molecule has 0 aromatic heterocycles. The molecule has 0 bridgehead atoms. The Balaban J connectivity index is 2.21. The number of benzene rings is 1. The highest BCUT2D eigenvalue weighted by molar-refractivity contribution is 5.51. The Morgan fingerprint density at radius 2 is 1.94 bits per heavy atom. The SMILES string of the molecule is CC(C)CCN(C)CCOc1ccccc1N. The lowest BCUT2D eigenvalue weighted by molar-refractivity contribution is 0.231. The van der Waals surface area contributed by atoms with Gasteiger partial charge in [0.1, 0.15) is 12.4 Å². The molecule has 17 heavy (non-hydrogen) atoms. The number of hydrogen-bond acceptors (Lipinski definition) is 3. The Morgan fingerprint density at radius 1 is 1.24 bits per heavy atom. The van der Waals surface area contributed by atoms with Crippen LogP contribution in [0.4, 0.5) is 5.69 Å². The normalized spacial score (nSPS) is 11.1. The molecular weight excluding hydrogens is 212 g/mol. The molecule has 0 saturated heterocycles. The molecule has 0 amide bonds. The van der Waals surface area contributed by atoms with Crippen LogP contribution >= 0.6 is 0 Å². The Bertz CT molecular complexity index is 326. The summed E-state index contributed by atoms with van der Waals surface area (Å²) in [6.45, 7) is 7.22. The van der Waals surface area contributed by atoms with E-state index in [4.69, 9.17) is 10.5 Å². The van der Waals surface area contributed by atoms with E-state index in [-0.39, 0.29) is 0 Å². The van der Waals surface area contributed by atoms with E-state index >= 15 is 0 Å². The fourth-order valence-electron chi connectivity index (χ4n) is 1.51. The van der Waals surface area contributed by atoms with Crippen LogP contribution in [0.1, 0.15) is 20.3 Å². The molecule has 0 radical (unpaired) electrons. The molecule has 3 nitrogen and oxygen atoms in total. The summed E-state index contributed by atoms with van der Waals surface area (Å²) >= 11 is 0. The van der Waals surface area contributed by atoms with Gasteiger partial charge < -0.3 is 15.4 Å². The van der Waals surface area contributed by atoms with Crippen LogP contribution in [0.25, 0.3) is 0 Å². The highest BCUT2D eigenvalue weighted by Crippen LogP contribution is 2.19. The van der Waals surface area contributed by atoms with Crippen molar-refractivity contribution in [3.05, 3.63) is 24.3 Å². The van der Waals surface area contributed by atoms with E-state index in [1.807, 2.05) is 24.3 Å². The number of likely N-dealkylation sites (N-methyl/N-ethyl adjacent to an activating group) is 1. The molecule has 2 N–H and O–H groups in total. The van der Waals surface area contributed by atoms with Crippen LogP contribution in [-0.2, 0) is 0 Å². The van der Waals surface area contributed by atoms with E-state index in [0.717, 1.165) is 24.8 Å². The third-order valence-electron chi connectivity index (χ3n) is 2.74. The maximum absolute atomic E-state index is 5.80. The number of rotatable bonds is 7. The van der Waals surface area contributed by atoms with Gasteiger partial charge in [-0.25, -0.2) is 0 Å². The fraction of sp³-hybridized carbons (Fsp3) is 0.571. The molecule has 1 rings (SSSR count). The first-order chi connectivity index (χ1) is 8.09. The third kappa shape index (κ3) is 5.59. The maximum Gasteiger partial charge on any atom is 0.142 e. The number of ether oxygens (including phenoxy) is 1.